The third-order valence-electron chi connectivity index (χ3n) is 3.93. The van der Waals surface area contributed by atoms with Gasteiger partial charge < -0.3 is 9.47 Å². The van der Waals surface area contributed by atoms with Crippen LogP contribution < -0.4 is 4.74 Å². The number of halogens is 1. The number of ether oxygens (including phenoxy) is 2. The minimum absolute atomic E-state index is 0.0349. The van der Waals surface area contributed by atoms with Crippen molar-refractivity contribution in [3.05, 3.63) is 41.9 Å². The van der Waals surface area contributed by atoms with Crippen molar-refractivity contribution in [3.63, 3.8) is 0 Å². The van der Waals surface area contributed by atoms with E-state index in [0.29, 0.717) is 17.2 Å². The summed E-state index contributed by atoms with van der Waals surface area (Å²) in [5.41, 5.74) is -0.922. The molecule has 0 bridgehead atoms. The van der Waals surface area contributed by atoms with Crippen LogP contribution in [0.5, 0.6) is 5.75 Å². The van der Waals surface area contributed by atoms with Crippen LogP contribution >= 0.6 is 11.6 Å². The standard InChI is InChI=1S/C17H20ClN3O4/c1-4-17(3,9-24-12(2)22)15(23)16(21-11-19-10-20-21)25-14-7-5-13(18)6-8-14/h5-8,10-11,16H,4,9H2,1-3H3. The van der Waals surface area contributed by atoms with Gasteiger partial charge in [0.1, 0.15) is 25.0 Å². The number of rotatable bonds is 8. The molecule has 0 radical (unpaired) electrons. The zero-order valence-electron chi connectivity index (χ0n) is 14.3. The molecule has 8 heteroatoms. The average Bonchev–Trinajstić information content (AvgIpc) is 3.13. The Kier molecular flexibility index (Phi) is 6.14. The fourth-order valence-corrected chi connectivity index (χ4v) is 2.24. The third kappa shape index (κ3) is 4.79. The summed E-state index contributed by atoms with van der Waals surface area (Å²) in [5, 5.41) is 4.58. The summed E-state index contributed by atoms with van der Waals surface area (Å²) in [5.74, 6) is -0.246. The first-order chi connectivity index (χ1) is 11.9. The highest BCUT2D eigenvalue weighted by molar-refractivity contribution is 6.30. The number of carbonyl (C=O) groups excluding carboxylic acids is 2. The van der Waals surface area contributed by atoms with Gasteiger partial charge in [-0.2, -0.15) is 5.10 Å². The summed E-state index contributed by atoms with van der Waals surface area (Å²) in [7, 11) is 0. The van der Waals surface area contributed by atoms with Gasteiger partial charge in [0.05, 0.1) is 5.41 Å². The predicted octanol–water partition coefficient (Wildman–Crippen LogP) is 3.06. The summed E-state index contributed by atoms with van der Waals surface area (Å²) in [6, 6.07) is 6.65. The van der Waals surface area contributed by atoms with Gasteiger partial charge in [-0.05, 0) is 37.6 Å². The van der Waals surface area contributed by atoms with Gasteiger partial charge >= 0.3 is 5.97 Å². The molecule has 2 rings (SSSR count). The monoisotopic (exact) mass is 365 g/mol. The van der Waals surface area contributed by atoms with E-state index in [4.69, 9.17) is 21.1 Å². The van der Waals surface area contributed by atoms with E-state index < -0.39 is 17.6 Å². The van der Waals surface area contributed by atoms with Crippen molar-refractivity contribution < 1.29 is 19.1 Å². The number of aromatic nitrogens is 3. The van der Waals surface area contributed by atoms with Gasteiger partial charge in [-0.25, -0.2) is 9.67 Å². The van der Waals surface area contributed by atoms with Crippen LogP contribution in [0.25, 0.3) is 0 Å². The predicted molar refractivity (Wildman–Crippen MR) is 91.2 cm³/mol. The highest BCUT2D eigenvalue weighted by Gasteiger charge is 2.40. The first-order valence-corrected chi connectivity index (χ1v) is 8.17. The summed E-state index contributed by atoms with van der Waals surface area (Å²) in [6.45, 7) is 4.85. The van der Waals surface area contributed by atoms with Crippen LogP contribution in [0.1, 0.15) is 33.4 Å². The molecule has 0 fully saturated rings. The van der Waals surface area contributed by atoms with Crippen LogP contribution in [-0.2, 0) is 14.3 Å². The van der Waals surface area contributed by atoms with E-state index in [0.717, 1.165) is 0 Å². The minimum atomic E-state index is -1.04. The Bertz CT molecular complexity index is 718. The fraction of sp³-hybridized carbons (Fsp3) is 0.412. The Morgan fingerprint density at radius 2 is 2.00 bits per heavy atom. The van der Waals surface area contributed by atoms with Gasteiger partial charge in [-0.15, -0.1) is 0 Å². The van der Waals surface area contributed by atoms with Crippen LogP contribution in [0, 0.1) is 5.41 Å². The lowest BCUT2D eigenvalue weighted by Gasteiger charge is -2.30. The third-order valence-corrected chi connectivity index (χ3v) is 4.18. The van der Waals surface area contributed by atoms with Crippen molar-refractivity contribution in [2.75, 3.05) is 6.61 Å². The van der Waals surface area contributed by atoms with Gasteiger partial charge in [0.25, 0.3) is 6.23 Å². The van der Waals surface area contributed by atoms with Gasteiger partial charge in [0.15, 0.2) is 0 Å². The van der Waals surface area contributed by atoms with E-state index in [1.807, 2.05) is 6.92 Å². The first-order valence-electron chi connectivity index (χ1n) is 7.80. The largest absolute Gasteiger partial charge is 0.465 e. The molecule has 134 valence electrons. The maximum absolute atomic E-state index is 13.1. The number of hydrogen-bond donors (Lipinski definition) is 0. The molecule has 2 atom stereocenters. The van der Waals surface area contributed by atoms with Crippen LogP contribution in [0.4, 0.5) is 0 Å². The zero-order chi connectivity index (χ0) is 18.4. The van der Waals surface area contributed by atoms with Crippen molar-refractivity contribution in [3.8, 4) is 5.75 Å². The van der Waals surface area contributed by atoms with Crippen molar-refractivity contribution in [2.24, 2.45) is 5.41 Å². The SMILES string of the molecule is CCC(C)(COC(C)=O)C(=O)C(Oc1ccc(Cl)cc1)n1cncn1. The molecule has 0 spiro atoms. The van der Waals surface area contributed by atoms with E-state index in [2.05, 4.69) is 10.1 Å². The number of carbonyl (C=O) groups is 2. The van der Waals surface area contributed by atoms with Gasteiger partial charge in [-0.1, -0.05) is 18.5 Å². The van der Waals surface area contributed by atoms with Crippen LogP contribution in [0.2, 0.25) is 5.02 Å². The van der Waals surface area contributed by atoms with E-state index in [1.165, 1.54) is 24.3 Å². The molecule has 1 heterocycles. The Hall–Kier alpha value is -2.41. The summed E-state index contributed by atoms with van der Waals surface area (Å²) < 4.78 is 12.2. The highest BCUT2D eigenvalue weighted by Crippen LogP contribution is 2.30. The number of esters is 1. The second-order valence-corrected chi connectivity index (χ2v) is 6.29. The first kappa shape index (κ1) is 18.9. The molecule has 0 N–H and O–H groups in total. The van der Waals surface area contributed by atoms with Crippen molar-refractivity contribution in [2.45, 2.75) is 33.4 Å². The number of benzene rings is 1. The Morgan fingerprint density at radius 3 is 2.52 bits per heavy atom. The van der Waals surface area contributed by atoms with Crippen molar-refractivity contribution in [1.29, 1.82) is 0 Å². The van der Waals surface area contributed by atoms with E-state index in [-0.39, 0.29) is 12.4 Å². The maximum atomic E-state index is 13.1. The second-order valence-electron chi connectivity index (χ2n) is 5.86. The number of hydrogen-bond acceptors (Lipinski definition) is 6. The van der Waals surface area contributed by atoms with Gasteiger partial charge in [-0.3, -0.25) is 9.59 Å². The lowest BCUT2D eigenvalue weighted by Crippen LogP contribution is -2.41. The summed E-state index contributed by atoms with van der Waals surface area (Å²) in [6.07, 6.45) is 2.15. The van der Waals surface area contributed by atoms with Crippen molar-refractivity contribution in [1.82, 2.24) is 14.8 Å². The fourth-order valence-electron chi connectivity index (χ4n) is 2.11. The molecule has 25 heavy (non-hydrogen) atoms. The Morgan fingerprint density at radius 1 is 1.32 bits per heavy atom. The quantitative estimate of drug-likeness (QED) is 0.668. The molecule has 0 aliphatic heterocycles. The molecule has 0 aliphatic carbocycles. The van der Waals surface area contributed by atoms with E-state index in [1.54, 1.807) is 31.2 Å². The average molecular weight is 366 g/mol. The lowest BCUT2D eigenvalue weighted by molar-refractivity contribution is -0.152. The number of nitrogens with zero attached hydrogens (tertiary/aromatic N) is 3. The molecule has 1 aromatic carbocycles. The summed E-state index contributed by atoms with van der Waals surface area (Å²) >= 11 is 5.88. The van der Waals surface area contributed by atoms with E-state index >= 15 is 0 Å². The molecule has 7 nitrogen and oxygen atoms in total. The van der Waals surface area contributed by atoms with Crippen LogP contribution in [-0.4, -0.2) is 33.1 Å². The molecular formula is C17H20ClN3O4. The van der Waals surface area contributed by atoms with Crippen LogP contribution in [0.15, 0.2) is 36.9 Å². The Labute approximate surface area is 150 Å². The topological polar surface area (TPSA) is 83.3 Å². The number of ketones is 1. The zero-order valence-corrected chi connectivity index (χ0v) is 15.1. The molecule has 2 aromatic rings. The molecule has 0 saturated carbocycles. The number of Topliss-reactive ketones (excluding diaryl/α,β-unsaturated/α-hetero) is 1. The second kappa shape index (κ2) is 8.11. The molecule has 0 aliphatic rings. The highest BCUT2D eigenvalue weighted by atomic mass is 35.5. The summed E-state index contributed by atoms with van der Waals surface area (Å²) in [4.78, 5) is 28.2. The molecule has 0 amide bonds. The van der Waals surface area contributed by atoms with Crippen molar-refractivity contribution >= 4 is 23.4 Å². The van der Waals surface area contributed by atoms with Crippen LogP contribution in [0.3, 0.4) is 0 Å². The molecule has 0 saturated heterocycles. The minimum Gasteiger partial charge on any atom is -0.465 e. The molecule has 2 unspecified atom stereocenters. The van der Waals surface area contributed by atoms with E-state index in [9.17, 15) is 9.59 Å². The normalized spacial score (nSPS) is 14.4. The van der Waals surface area contributed by atoms with Gasteiger partial charge in [0.2, 0.25) is 5.78 Å². The molecular weight excluding hydrogens is 346 g/mol. The Balaban J connectivity index is 2.29. The lowest BCUT2D eigenvalue weighted by atomic mass is 9.83. The maximum Gasteiger partial charge on any atom is 0.302 e. The molecule has 1 aromatic heterocycles. The smallest absolute Gasteiger partial charge is 0.302 e. The van der Waals surface area contributed by atoms with Gasteiger partial charge in [0, 0.05) is 11.9 Å².